The smallest absolute Gasteiger partial charge is 0.338 e. The molecule has 3 rings (SSSR count). The normalized spacial score (nSPS) is 17.8. The number of nitrogens with two attached hydrogens (primary N) is 1. The third-order valence-corrected chi connectivity index (χ3v) is 5.35. The van der Waals surface area contributed by atoms with E-state index in [2.05, 4.69) is 16.9 Å². The van der Waals surface area contributed by atoms with Crippen LogP contribution < -0.4 is 5.84 Å². The van der Waals surface area contributed by atoms with Crippen LogP contribution in [0.25, 0.3) is 10.8 Å². The fourth-order valence-corrected chi connectivity index (χ4v) is 4.06. The van der Waals surface area contributed by atoms with Crippen molar-refractivity contribution in [3.8, 4) is 0 Å². The lowest BCUT2D eigenvalue weighted by atomic mass is 9.90. The van der Waals surface area contributed by atoms with Gasteiger partial charge in [-0.2, -0.15) is 5.10 Å². The lowest BCUT2D eigenvalue weighted by Crippen LogP contribution is -2.51. The second-order valence-corrected chi connectivity index (χ2v) is 8.78. The van der Waals surface area contributed by atoms with Gasteiger partial charge in [-0.25, -0.2) is 9.80 Å². The number of esters is 2. The summed E-state index contributed by atoms with van der Waals surface area (Å²) < 4.78 is 10.9. The third kappa shape index (κ3) is 4.88. The molecule has 0 saturated heterocycles. The molecule has 0 saturated carbocycles. The minimum Gasteiger partial charge on any atom is -0.463 e. The van der Waals surface area contributed by atoms with Crippen molar-refractivity contribution in [1.82, 2.24) is 9.91 Å². The Balaban J connectivity index is 2.24. The summed E-state index contributed by atoms with van der Waals surface area (Å²) in [5, 5.41) is 11.4. The molecular formula is C25H31N5O4. The summed E-state index contributed by atoms with van der Waals surface area (Å²) in [6.07, 6.45) is 0. The quantitative estimate of drug-likeness (QED) is 0.301. The average Bonchev–Trinajstić information content (AvgIpc) is 2.78. The number of allylic oxidation sites excluding steroid dienone is 1. The molecule has 0 spiro atoms. The molecule has 1 unspecified atom stereocenters. The van der Waals surface area contributed by atoms with E-state index in [0.717, 1.165) is 16.3 Å². The van der Waals surface area contributed by atoms with Crippen LogP contribution in [0.4, 0.5) is 0 Å². The number of guanidine groups is 1. The van der Waals surface area contributed by atoms with Gasteiger partial charge in [-0.1, -0.05) is 42.5 Å². The summed E-state index contributed by atoms with van der Waals surface area (Å²) in [5.74, 6) is 4.90. The highest BCUT2D eigenvalue weighted by Crippen LogP contribution is 2.40. The van der Waals surface area contributed by atoms with Gasteiger partial charge in [0.15, 0.2) is 0 Å². The average molecular weight is 466 g/mol. The lowest BCUT2D eigenvalue weighted by Gasteiger charge is -2.42. The first-order valence-corrected chi connectivity index (χ1v) is 11.0. The van der Waals surface area contributed by atoms with Gasteiger partial charge in [0.1, 0.15) is 18.2 Å². The monoisotopic (exact) mass is 465 g/mol. The summed E-state index contributed by atoms with van der Waals surface area (Å²) in [6, 6.07) is 12.9. The number of nitrogens with zero attached hydrogens (tertiary/aromatic N) is 4. The van der Waals surface area contributed by atoms with Gasteiger partial charge in [0, 0.05) is 12.4 Å². The van der Waals surface area contributed by atoms with E-state index in [0.29, 0.717) is 11.3 Å². The van der Waals surface area contributed by atoms with Gasteiger partial charge in [0.25, 0.3) is 0 Å². The van der Waals surface area contributed by atoms with Crippen molar-refractivity contribution < 1.29 is 19.1 Å². The third-order valence-electron chi connectivity index (χ3n) is 5.35. The van der Waals surface area contributed by atoms with E-state index in [1.807, 2.05) is 42.5 Å². The number of carbonyl (C=O) groups is 2. The number of rotatable bonds is 6. The molecule has 34 heavy (non-hydrogen) atoms. The molecule has 1 heterocycles. The molecule has 0 aromatic heterocycles. The number of carbonyl (C=O) groups excluding carboxylic acids is 2. The number of hydrogen-bond donors (Lipinski definition) is 1. The molecule has 2 aromatic carbocycles. The van der Waals surface area contributed by atoms with Crippen molar-refractivity contribution in [2.75, 3.05) is 13.2 Å². The van der Waals surface area contributed by atoms with Crippen LogP contribution in [0.15, 0.2) is 63.9 Å². The summed E-state index contributed by atoms with van der Waals surface area (Å²) in [4.78, 5) is 27.5. The Hall–Kier alpha value is -3.88. The van der Waals surface area contributed by atoms with Gasteiger partial charge >= 0.3 is 11.9 Å². The predicted octanol–water partition coefficient (Wildman–Crippen LogP) is 3.52. The Labute approximate surface area is 199 Å². The first-order chi connectivity index (χ1) is 16.1. The van der Waals surface area contributed by atoms with E-state index in [-0.39, 0.29) is 19.1 Å². The molecule has 0 fully saturated rings. The lowest BCUT2D eigenvalue weighted by molar-refractivity contribution is -0.155. The van der Waals surface area contributed by atoms with Gasteiger partial charge in [-0.15, -0.1) is 5.10 Å². The molecule has 1 aliphatic heterocycles. The van der Waals surface area contributed by atoms with E-state index in [1.165, 1.54) is 9.91 Å². The van der Waals surface area contributed by atoms with Crippen LogP contribution in [0.2, 0.25) is 0 Å². The van der Waals surface area contributed by atoms with Crippen LogP contribution >= 0.6 is 0 Å². The molecule has 1 aliphatic rings. The maximum absolute atomic E-state index is 13.3. The van der Waals surface area contributed by atoms with Crippen molar-refractivity contribution in [1.29, 1.82) is 0 Å². The second kappa shape index (κ2) is 9.94. The molecule has 9 heteroatoms. The molecular weight excluding hydrogens is 434 g/mol. The van der Waals surface area contributed by atoms with E-state index < -0.39 is 23.6 Å². The highest BCUT2D eigenvalue weighted by molar-refractivity contribution is 5.99. The van der Waals surface area contributed by atoms with Crippen molar-refractivity contribution in [3.63, 3.8) is 0 Å². The van der Waals surface area contributed by atoms with Crippen molar-refractivity contribution >= 4 is 35.4 Å². The maximum atomic E-state index is 13.3. The Kier molecular flexibility index (Phi) is 7.24. The van der Waals surface area contributed by atoms with Crippen LogP contribution in [0, 0.1) is 0 Å². The highest BCUT2D eigenvalue weighted by atomic mass is 16.6. The molecule has 0 aliphatic carbocycles. The minimum absolute atomic E-state index is 0.157. The first-order valence-electron chi connectivity index (χ1n) is 11.0. The number of ether oxygens (including phenoxy) is 2. The maximum Gasteiger partial charge on any atom is 0.338 e. The number of hydrogen-bond acceptors (Lipinski definition) is 7. The van der Waals surface area contributed by atoms with Gasteiger partial charge in [0.2, 0.25) is 5.96 Å². The van der Waals surface area contributed by atoms with Crippen LogP contribution in [-0.2, 0) is 19.1 Å². The summed E-state index contributed by atoms with van der Waals surface area (Å²) in [5.41, 5.74) is 0.884. The van der Waals surface area contributed by atoms with Gasteiger partial charge in [-0.3, -0.25) is 4.79 Å². The van der Waals surface area contributed by atoms with Crippen molar-refractivity contribution in [2.24, 2.45) is 16.0 Å². The van der Waals surface area contributed by atoms with Gasteiger partial charge < -0.3 is 20.2 Å². The molecule has 180 valence electrons. The SMILES string of the molecule is C=NN1/C(=N\N)N(CC(=O)OC(C)(C)C)C(C)=C(C(=O)OCC)C1c1cccc2ccccc12. The van der Waals surface area contributed by atoms with Crippen molar-refractivity contribution in [3.05, 3.63) is 59.3 Å². The van der Waals surface area contributed by atoms with Crippen LogP contribution in [0.3, 0.4) is 0 Å². The fourth-order valence-electron chi connectivity index (χ4n) is 4.06. The van der Waals surface area contributed by atoms with Crippen LogP contribution in [-0.4, -0.2) is 53.3 Å². The molecule has 2 aromatic rings. The number of benzene rings is 2. The Morgan fingerprint density at radius 2 is 1.82 bits per heavy atom. The second-order valence-electron chi connectivity index (χ2n) is 8.78. The molecule has 1 atom stereocenters. The summed E-state index contributed by atoms with van der Waals surface area (Å²) >= 11 is 0. The largest absolute Gasteiger partial charge is 0.463 e. The topological polar surface area (TPSA) is 110 Å². The number of fused-ring (bicyclic) bond motifs is 1. The fraction of sp³-hybridized carbons (Fsp3) is 0.360. The summed E-state index contributed by atoms with van der Waals surface area (Å²) in [6.45, 7) is 12.4. The first kappa shape index (κ1) is 24.8. The molecule has 0 bridgehead atoms. The Bertz CT molecular complexity index is 1160. The zero-order valence-corrected chi connectivity index (χ0v) is 20.2. The van der Waals surface area contributed by atoms with E-state index in [9.17, 15) is 9.59 Å². The molecule has 2 N–H and O–H groups in total. The van der Waals surface area contributed by atoms with Crippen molar-refractivity contribution in [2.45, 2.75) is 46.3 Å². The number of hydrazone groups is 2. The molecule has 9 nitrogen and oxygen atoms in total. The molecule has 0 radical (unpaired) electrons. The standard InChI is InChI=1S/C25H31N5O4/c1-7-33-23(32)21-16(2)29(15-20(31)34-25(3,4)5)24(28-26)30(27-6)22(21)19-14-10-12-17-11-8-9-13-18(17)19/h8-14,22H,6-7,15,26H2,1-5H3/b28-24-. The highest BCUT2D eigenvalue weighted by Gasteiger charge is 2.43. The minimum atomic E-state index is -0.722. The summed E-state index contributed by atoms with van der Waals surface area (Å²) in [7, 11) is 0. The van der Waals surface area contributed by atoms with E-state index >= 15 is 0 Å². The van der Waals surface area contributed by atoms with Gasteiger partial charge in [0.05, 0.1) is 12.2 Å². The molecule has 0 amide bonds. The van der Waals surface area contributed by atoms with E-state index in [4.69, 9.17) is 15.3 Å². The Morgan fingerprint density at radius 3 is 2.44 bits per heavy atom. The zero-order chi connectivity index (χ0) is 25.0. The predicted molar refractivity (Wildman–Crippen MR) is 132 cm³/mol. The van der Waals surface area contributed by atoms with E-state index in [1.54, 1.807) is 34.6 Å². The van der Waals surface area contributed by atoms with Crippen LogP contribution in [0.5, 0.6) is 0 Å². The van der Waals surface area contributed by atoms with Crippen LogP contribution in [0.1, 0.15) is 46.2 Å². The zero-order valence-electron chi connectivity index (χ0n) is 20.2. The Morgan fingerprint density at radius 1 is 1.15 bits per heavy atom. The van der Waals surface area contributed by atoms with Gasteiger partial charge in [-0.05, 0) is 51.0 Å².